The fourth-order valence-corrected chi connectivity index (χ4v) is 1.47. The van der Waals surface area contributed by atoms with Crippen molar-refractivity contribution in [1.29, 1.82) is 0 Å². The zero-order valence-electron chi connectivity index (χ0n) is 10.3. The van der Waals surface area contributed by atoms with Gasteiger partial charge in [-0.3, -0.25) is 9.59 Å². The summed E-state index contributed by atoms with van der Waals surface area (Å²) in [5, 5.41) is 8.52. The van der Waals surface area contributed by atoms with Crippen LogP contribution in [-0.2, 0) is 4.79 Å². The first kappa shape index (κ1) is 14.2. The molecule has 0 saturated heterocycles. The van der Waals surface area contributed by atoms with E-state index >= 15 is 0 Å². The van der Waals surface area contributed by atoms with Gasteiger partial charge < -0.3 is 9.84 Å². The average Bonchev–Trinajstić information content (AvgIpc) is 2.26. The summed E-state index contributed by atoms with van der Waals surface area (Å²) in [6.07, 6.45) is 0.00399. The molecule has 1 N–H and O–H groups in total. The van der Waals surface area contributed by atoms with Gasteiger partial charge in [-0.25, -0.2) is 4.39 Å². The van der Waals surface area contributed by atoms with Crippen molar-refractivity contribution in [2.45, 2.75) is 32.8 Å². The second-order valence-electron chi connectivity index (χ2n) is 4.06. The topological polar surface area (TPSA) is 63.6 Å². The minimum Gasteiger partial charge on any atom is -0.491 e. The summed E-state index contributed by atoms with van der Waals surface area (Å²) in [7, 11) is 0. The van der Waals surface area contributed by atoms with Crippen LogP contribution in [0, 0.1) is 5.82 Å². The number of rotatable bonds is 6. The summed E-state index contributed by atoms with van der Waals surface area (Å²) in [6, 6.07) is 3.99. The van der Waals surface area contributed by atoms with Gasteiger partial charge >= 0.3 is 5.97 Å². The number of aliphatic carboxylic acids is 1. The van der Waals surface area contributed by atoms with Crippen LogP contribution >= 0.6 is 0 Å². The van der Waals surface area contributed by atoms with Crippen molar-refractivity contribution in [3.8, 4) is 5.75 Å². The minimum absolute atomic E-state index is 0.00478. The van der Waals surface area contributed by atoms with E-state index in [1.165, 1.54) is 19.1 Å². The lowest BCUT2D eigenvalue weighted by molar-refractivity contribution is -0.137. The van der Waals surface area contributed by atoms with Crippen molar-refractivity contribution in [1.82, 2.24) is 0 Å². The molecule has 98 valence electrons. The molecule has 1 atom stereocenters. The van der Waals surface area contributed by atoms with E-state index in [1.807, 2.05) is 0 Å². The van der Waals surface area contributed by atoms with E-state index in [1.54, 1.807) is 6.92 Å². The molecule has 5 heteroatoms. The Morgan fingerprint density at radius 1 is 1.44 bits per heavy atom. The number of ketones is 1. The fourth-order valence-electron chi connectivity index (χ4n) is 1.47. The molecule has 0 aliphatic rings. The first-order valence-electron chi connectivity index (χ1n) is 5.59. The summed E-state index contributed by atoms with van der Waals surface area (Å²) >= 11 is 0. The van der Waals surface area contributed by atoms with E-state index in [2.05, 4.69) is 0 Å². The van der Waals surface area contributed by atoms with Crippen LogP contribution in [0.3, 0.4) is 0 Å². The molecular weight excluding hydrogens is 239 g/mol. The zero-order valence-corrected chi connectivity index (χ0v) is 10.3. The van der Waals surface area contributed by atoms with Crippen molar-refractivity contribution < 1.29 is 23.8 Å². The maximum absolute atomic E-state index is 13.5. The first-order valence-corrected chi connectivity index (χ1v) is 5.59. The first-order chi connectivity index (χ1) is 8.40. The molecule has 0 fully saturated rings. The Labute approximate surface area is 104 Å². The molecule has 1 aromatic rings. The van der Waals surface area contributed by atoms with Gasteiger partial charge in [0.15, 0.2) is 5.78 Å². The Kier molecular flexibility index (Phi) is 4.83. The Morgan fingerprint density at radius 3 is 2.61 bits per heavy atom. The lowest BCUT2D eigenvalue weighted by Crippen LogP contribution is -2.14. The number of Topliss-reactive ketones (excluding diaryl/α,β-unsaturated/α-hetero) is 1. The number of carboxylic acid groups (broad SMARTS) is 1. The molecule has 18 heavy (non-hydrogen) atoms. The van der Waals surface area contributed by atoms with Crippen LogP contribution in [0.2, 0.25) is 0 Å². The van der Waals surface area contributed by atoms with Gasteiger partial charge in [0.05, 0.1) is 11.7 Å². The molecule has 1 aromatic carbocycles. The van der Waals surface area contributed by atoms with E-state index < -0.39 is 11.8 Å². The van der Waals surface area contributed by atoms with Gasteiger partial charge in [-0.15, -0.1) is 0 Å². The molecule has 1 rings (SSSR count). The van der Waals surface area contributed by atoms with E-state index in [9.17, 15) is 14.0 Å². The SMILES string of the molecule is CC(=O)c1ccc(OC(C)CCC(=O)O)cc1F. The number of carbonyl (C=O) groups is 2. The summed E-state index contributed by atoms with van der Waals surface area (Å²) in [5.41, 5.74) is 0.0144. The van der Waals surface area contributed by atoms with Crippen molar-refractivity contribution >= 4 is 11.8 Å². The van der Waals surface area contributed by atoms with Crippen LogP contribution in [0.15, 0.2) is 18.2 Å². The largest absolute Gasteiger partial charge is 0.491 e. The maximum Gasteiger partial charge on any atom is 0.303 e. The second-order valence-corrected chi connectivity index (χ2v) is 4.06. The van der Waals surface area contributed by atoms with Crippen molar-refractivity contribution in [3.05, 3.63) is 29.6 Å². The minimum atomic E-state index is -0.899. The normalized spacial score (nSPS) is 11.9. The van der Waals surface area contributed by atoms with Crippen molar-refractivity contribution in [2.75, 3.05) is 0 Å². The number of hydrogen-bond donors (Lipinski definition) is 1. The van der Waals surface area contributed by atoms with E-state index in [0.717, 1.165) is 6.07 Å². The Balaban J connectivity index is 2.65. The Bertz CT molecular complexity index is 456. The quantitative estimate of drug-likeness (QED) is 0.793. The third-order valence-corrected chi connectivity index (χ3v) is 2.42. The highest BCUT2D eigenvalue weighted by atomic mass is 19.1. The monoisotopic (exact) mass is 254 g/mol. The lowest BCUT2D eigenvalue weighted by atomic mass is 10.1. The predicted molar refractivity (Wildman–Crippen MR) is 63.4 cm³/mol. The molecule has 0 saturated carbocycles. The molecule has 0 spiro atoms. The van der Waals surface area contributed by atoms with Crippen molar-refractivity contribution in [2.24, 2.45) is 0 Å². The highest BCUT2D eigenvalue weighted by Crippen LogP contribution is 2.19. The van der Waals surface area contributed by atoms with Gasteiger partial charge in [0, 0.05) is 12.5 Å². The van der Waals surface area contributed by atoms with E-state index in [0.29, 0.717) is 6.42 Å². The number of ether oxygens (including phenoxy) is 1. The molecule has 0 amide bonds. The number of halogens is 1. The van der Waals surface area contributed by atoms with E-state index in [4.69, 9.17) is 9.84 Å². The van der Waals surface area contributed by atoms with Crippen LogP contribution in [-0.4, -0.2) is 23.0 Å². The highest BCUT2D eigenvalue weighted by Gasteiger charge is 2.11. The molecule has 4 nitrogen and oxygen atoms in total. The fraction of sp³-hybridized carbons (Fsp3) is 0.385. The highest BCUT2D eigenvalue weighted by molar-refractivity contribution is 5.94. The summed E-state index contributed by atoms with van der Waals surface area (Å²) < 4.78 is 18.8. The molecule has 1 unspecified atom stereocenters. The molecule has 0 aliphatic carbocycles. The molecule has 0 heterocycles. The molecule has 0 aromatic heterocycles. The molecule has 0 aliphatic heterocycles. The second kappa shape index (κ2) is 6.14. The molecule has 0 bridgehead atoms. The summed E-state index contributed by atoms with van der Waals surface area (Å²) in [6.45, 7) is 2.99. The van der Waals surface area contributed by atoms with Crippen LogP contribution in [0.5, 0.6) is 5.75 Å². The van der Waals surface area contributed by atoms with Crippen LogP contribution < -0.4 is 4.74 Å². The Morgan fingerprint density at radius 2 is 2.11 bits per heavy atom. The van der Waals surface area contributed by atoms with Gasteiger partial charge in [0.25, 0.3) is 0 Å². The third-order valence-electron chi connectivity index (χ3n) is 2.42. The smallest absolute Gasteiger partial charge is 0.303 e. The third kappa shape index (κ3) is 4.16. The van der Waals surface area contributed by atoms with E-state index in [-0.39, 0.29) is 29.6 Å². The van der Waals surface area contributed by atoms with Gasteiger partial charge in [-0.2, -0.15) is 0 Å². The van der Waals surface area contributed by atoms with Crippen LogP contribution in [0.4, 0.5) is 4.39 Å². The summed E-state index contributed by atoms with van der Waals surface area (Å²) in [4.78, 5) is 21.4. The standard InChI is InChI=1S/C13H15FO4/c1-8(3-6-13(16)17)18-10-4-5-11(9(2)15)12(14)7-10/h4-5,7-8H,3,6H2,1-2H3,(H,16,17). The summed E-state index contributed by atoms with van der Waals surface area (Å²) in [5.74, 6) is -1.60. The predicted octanol–water partition coefficient (Wildman–Crippen LogP) is 2.66. The zero-order chi connectivity index (χ0) is 13.7. The van der Waals surface area contributed by atoms with Gasteiger partial charge in [-0.05, 0) is 32.4 Å². The van der Waals surface area contributed by atoms with Gasteiger partial charge in [0.2, 0.25) is 0 Å². The Hall–Kier alpha value is -1.91. The number of benzene rings is 1. The lowest BCUT2D eigenvalue weighted by Gasteiger charge is -2.14. The van der Waals surface area contributed by atoms with Gasteiger partial charge in [-0.1, -0.05) is 0 Å². The maximum atomic E-state index is 13.5. The van der Waals surface area contributed by atoms with Crippen molar-refractivity contribution in [3.63, 3.8) is 0 Å². The molecule has 0 radical (unpaired) electrons. The average molecular weight is 254 g/mol. The molecular formula is C13H15FO4. The number of hydrogen-bond acceptors (Lipinski definition) is 3. The number of carbonyl (C=O) groups excluding carboxylic acids is 1. The van der Waals surface area contributed by atoms with Crippen LogP contribution in [0.1, 0.15) is 37.0 Å². The number of carboxylic acids is 1. The van der Waals surface area contributed by atoms with Gasteiger partial charge in [0.1, 0.15) is 11.6 Å². The van der Waals surface area contributed by atoms with Crippen LogP contribution in [0.25, 0.3) is 0 Å².